The molecule has 0 saturated heterocycles. The van der Waals surface area contributed by atoms with Gasteiger partial charge in [-0.25, -0.2) is 0 Å². The van der Waals surface area contributed by atoms with E-state index in [1.165, 1.54) is 22.3 Å². The molecule has 1 aromatic carbocycles. The van der Waals surface area contributed by atoms with E-state index >= 15 is 0 Å². The molecule has 0 spiro atoms. The Bertz CT molecular complexity index is 601. The van der Waals surface area contributed by atoms with Gasteiger partial charge < -0.3 is 10.0 Å². The molecule has 0 aliphatic rings. The average molecular weight is 330 g/mol. The number of thiophene rings is 1. The SMILES string of the molecule is CN(CC(O)c1cccs1)C(=O)c1ccc(Cl)cc1Cl. The fourth-order valence-electron chi connectivity index (χ4n) is 1.78. The lowest BCUT2D eigenvalue weighted by molar-refractivity contribution is 0.0686. The van der Waals surface area contributed by atoms with E-state index in [-0.39, 0.29) is 12.5 Å². The van der Waals surface area contributed by atoms with E-state index in [2.05, 4.69) is 0 Å². The Balaban J connectivity index is 2.08. The van der Waals surface area contributed by atoms with Crippen molar-refractivity contribution in [3.8, 4) is 0 Å². The molecule has 1 aromatic heterocycles. The number of aliphatic hydroxyl groups is 1. The number of aliphatic hydroxyl groups excluding tert-OH is 1. The zero-order chi connectivity index (χ0) is 14.7. The molecule has 3 nitrogen and oxygen atoms in total. The minimum Gasteiger partial charge on any atom is -0.386 e. The first kappa shape index (κ1) is 15.3. The summed E-state index contributed by atoms with van der Waals surface area (Å²) in [6.45, 7) is 0.207. The molecule has 106 valence electrons. The molecule has 0 radical (unpaired) electrons. The Morgan fingerprint density at radius 3 is 2.75 bits per heavy atom. The van der Waals surface area contributed by atoms with E-state index in [0.717, 1.165) is 4.88 Å². The summed E-state index contributed by atoms with van der Waals surface area (Å²) >= 11 is 13.3. The highest BCUT2D eigenvalue weighted by atomic mass is 35.5. The predicted molar refractivity (Wildman–Crippen MR) is 82.7 cm³/mol. The molecule has 0 aliphatic carbocycles. The van der Waals surface area contributed by atoms with Crippen molar-refractivity contribution in [3.05, 3.63) is 56.2 Å². The Morgan fingerprint density at radius 1 is 1.40 bits per heavy atom. The van der Waals surface area contributed by atoms with Crippen LogP contribution in [-0.4, -0.2) is 29.5 Å². The first-order valence-electron chi connectivity index (χ1n) is 5.91. The summed E-state index contributed by atoms with van der Waals surface area (Å²) in [5, 5.41) is 12.7. The average Bonchev–Trinajstić information content (AvgIpc) is 2.91. The zero-order valence-electron chi connectivity index (χ0n) is 10.7. The highest BCUT2D eigenvalue weighted by molar-refractivity contribution is 7.10. The highest BCUT2D eigenvalue weighted by Gasteiger charge is 2.19. The standard InChI is InChI=1S/C14H13Cl2NO2S/c1-17(8-12(18)13-3-2-6-20-13)14(19)10-5-4-9(15)7-11(10)16/h2-7,12,18H,8H2,1H3. The summed E-state index contributed by atoms with van der Waals surface area (Å²) in [7, 11) is 1.63. The van der Waals surface area contributed by atoms with Gasteiger partial charge in [0.1, 0.15) is 6.10 Å². The summed E-state index contributed by atoms with van der Waals surface area (Å²) in [5.74, 6) is -0.248. The third-order valence-electron chi connectivity index (χ3n) is 2.83. The molecule has 0 bridgehead atoms. The molecule has 0 fully saturated rings. The number of likely N-dealkylation sites (N-methyl/N-ethyl adjacent to an activating group) is 1. The topological polar surface area (TPSA) is 40.5 Å². The van der Waals surface area contributed by atoms with Crippen LogP contribution in [0, 0.1) is 0 Å². The lowest BCUT2D eigenvalue weighted by Gasteiger charge is -2.20. The summed E-state index contributed by atoms with van der Waals surface area (Å²) in [6, 6.07) is 8.43. The fraction of sp³-hybridized carbons (Fsp3) is 0.214. The van der Waals surface area contributed by atoms with Crippen molar-refractivity contribution in [1.82, 2.24) is 4.90 Å². The van der Waals surface area contributed by atoms with Gasteiger partial charge in [0.2, 0.25) is 0 Å². The molecule has 1 unspecified atom stereocenters. The van der Waals surface area contributed by atoms with Crippen LogP contribution in [0.15, 0.2) is 35.7 Å². The van der Waals surface area contributed by atoms with E-state index in [0.29, 0.717) is 15.6 Å². The number of carbonyl (C=O) groups is 1. The van der Waals surface area contributed by atoms with Crippen molar-refractivity contribution < 1.29 is 9.90 Å². The number of halogens is 2. The smallest absolute Gasteiger partial charge is 0.255 e. The van der Waals surface area contributed by atoms with Crippen LogP contribution in [0.5, 0.6) is 0 Å². The van der Waals surface area contributed by atoms with Crippen LogP contribution in [0.2, 0.25) is 10.0 Å². The Labute approximate surface area is 131 Å². The van der Waals surface area contributed by atoms with Crippen molar-refractivity contribution >= 4 is 40.4 Å². The number of benzene rings is 1. The van der Waals surface area contributed by atoms with Gasteiger partial charge in [-0.3, -0.25) is 4.79 Å². The van der Waals surface area contributed by atoms with Crippen LogP contribution in [-0.2, 0) is 0 Å². The highest BCUT2D eigenvalue weighted by Crippen LogP contribution is 2.24. The number of nitrogens with zero attached hydrogens (tertiary/aromatic N) is 1. The first-order chi connectivity index (χ1) is 9.49. The molecule has 1 heterocycles. The van der Waals surface area contributed by atoms with Crippen molar-refractivity contribution in [2.75, 3.05) is 13.6 Å². The lowest BCUT2D eigenvalue weighted by Crippen LogP contribution is -2.31. The Hall–Kier alpha value is -1.07. The van der Waals surface area contributed by atoms with E-state index in [9.17, 15) is 9.90 Å². The molecule has 1 N–H and O–H groups in total. The molecule has 6 heteroatoms. The van der Waals surface area contributed by atoms with Crippen LogP contribution in [0.25, 0.3) is 0 Å². The van der Waals surface area contributed by atoms with Crippen LogP contribution < -0.4 is 0 Å². The second-order valence-electron chi connectivity index (χ2n) is 4.34. The monoisotopic (exact) mass is 329 g/mol. The first-order valence-corrected chi connectivity index (χ1v) is 7.54. The summed E-state index contributed by atoms with van der Waals surface area (Å²) in [6.07, 6.45) is -0.699. The Morgan fingerprint density at radius 2 is 2.15 bits per heavy atom. The predicted octanol–water partition coefficient (Wildman–Crippen LogP) is 3.86. The third-order valence-corrected chi connectivity index (χ3v) is 4.35. The van der Waals surface area contributed by atoms with Gasteiger partial charge in [0.05, 0.1) is 17.1 Å². The lowest BCUT2D eigenvalue weighted by atomic mass is 10.2. The van der Waals surface area contributed by atoms with Crippen LogP contribution in [0.3, 0.4) is 0 Å². The molecule has 20 heavy (non-hydrogen) atoms. The quantitative estimate of drug-likeness (QED) is 0.925. The van der Waals surface area contributed by atoms with Crippen molar-refractivity contribution in [2.45, 2.75) is 6.10 Å². The summed E-state index contributed by atoms with van der Waals surface area (Å²) < 4.78 is 0. The van der Waals surface area contributed by atoms with Gasteiger partial charge in [-0.2, -0.15) is 0 Å². The van der Waals surface area contributed by atoms with Gasteiger partial charge in [-0.1, -0.05) is 29.3 Å². The van der Waals surface area contributed by atoms with Gasteiger partial charge in [-0.15, -0.1) is 11.3 Å². The number of hydrogen-bond donors (Lipinski definition) is 1. The molecule has 0 saturated carbocycles. The normalized spacial score (nSPS) is 12.2. The van der Waals surface area contributed by atoms with Crippen LogP contribution in [0.4, 0.5) is 0 Å². The van der Waals surface area contributed by atoms with Gasteiger partial charge in [0.25, 0.3) is 5.91 Å². The van der Waals surface area contributed by atoms with Crippen molar-refractivity contribution in [1.29, 1.82) is 0 Å². The van der Waals surface area contributed by atoms with E-state index in [4.69, 9.17) is 23.2 Å². The number of rotatable bonds is 4. The van der Waals surface area contributed by atoms with Crippen LogP contribution in [0.1, 0.15) is 21.3 Å². The van der Waals surface area contributed by atoms with E-state index < -0.39 is 6.10 Å². The summed E-state index contributed by atoms with van der Waals surface area (Å²) in [5.41, 5.74) is 0.372. The number of carbonyl (C=O) groups excluding carboxylic acids is 1. The van der Waals surface area contributed by atoms with Gasteiger partial charge >= 0.3 is 0 Å². The second-order valence-corrected chi connectivity index (χ2v) is 6.16. The molecule has 2 aromatic rings. The molecule has 0 aliphatic heterocycles. The minimum absolute atomic E-state index is 0.207. The molecule has 1 atom stereocenters. The maximum absolute atomic E-state index is 12.3. The minimum atomic E-state index is -0.699. The second kappa shape index (κ2) is 6.59. The van der Waals surface area contributed by atoms with Gasteiger partial charge in [0, 0.05) is 16.9 Å². The molecular weight excluding hydrogens is 317 g/mol. The van der Waals surface area contributed by atoms with Gasteiger partial charge in [0.15, 0.2) is 0 Å². The molecule has 2 rings (SSSR count). The van der Waals surface area contributed by atoms with E-state index in [1.807, 2.05) is 17.5 Å². The van der Waals surface area contributed by atoms with Crippen molar-refractivity contribution in [2.24, 2.45) is 0 Å². The fourth-order valence-corrected chi connectivity index (χ4v) is 2.97. The maximum Gasteiger partial charge on any atom is 0.255 e. The zero-order valence-corrected chi connectivity index (χ0v) is 13.0. The van der Waals surface area contributed by atoms with E-state index in [1.54, 1.807) is 19.2 Å². The van der Waals surface area contributed by atoms with Crippen molar-refractivity contribution in [3.63, 3.8) is 0 Å². The molecular formula is C14H13Cl2NO2S. The van der Waals surface area contributed by atoms with Gasteiger partial charge in [-0.05, 0) is 29.6 Å². The molecule has 1 amide bonds. The maximum atomic E-state index is 12.3. The number of hydrogen-bond acceptors (Lipinski definition) is 3. The largest absolute Gasteiger partial charge is 0.386 e. The third kappa shape index (κ3) is 3.52. The van der Waals surface area contributed by atoms with Crippen LogP contribution >= 0.6 is 34.5 Å². The number of amides is 1. The Kier molecular flexibility index (Phi) is 5.05. The summed E-state index contributed by atoms with van der Waals surface area (Å²) in [4.78, 5) is 14.5.